The summed E-state index contributed by atoms with van der Waals surface area (Å²) in [5.41, 5.74) is -0.983. The second-order valence-corrected chi connectivity index (χ2v) is 3.93. The highest BCUT2D eigenvalue weighted by Crippen LogP contribution is 2.26. The van der Waals surface area contributed by atoms with Gasteiger partial charge in [0.05, 0.1) is 0 Å². The fourth-order valence-electron chi connectivity index (χ4n) is 1.52. The van der Waals surface area contributed by atoms with Crippen LogP contribution in [0, 0.1) is 29.1 Å². The van der Waals surface area contributed by atoms with E-state index in [4.69, 9.17) is 4.74 Å². The van der Waals surface area contributed by atoms with E-state index in [9.17, 15) is 22.0 Å². The summed E-state index contributed by atoms with van der Waals surface area (Å²) in [5, 5.41) is 2.23. The maximum absolute atomic E-state index is 13.2. The molecular formula is C12H14F5NO. The summed E-state index contributed by atoms with van der Waals surface area (Å²) >= 11 is 0. The average Bonchev–Trinajstić information content (AvgIpc) is 2.41. The van der Waals surface area contributed by atoms with Gasteiger partial charge in [-0.15, -0.1) is 0 Å². The van der Waals surface area contributed by atoms with Crippen LogP contribution in [-0.2, 0) is 4.74 Å². The summed E-state index contributed by atoms with van der Waals surface area (Å²) in [6, 6.07) is 0. The van der Waals surface area contributed by atoms with Crippen molar-refractivity contribution in [2.24, 2.45) is 0 Å². The van der Waals surface area contributed by atoms with Crippen molar-refractivity contribution in [3.8, 4) is 0 Å². The van der Waals surface area contributed by atoms with E-state index in [0.717, 1.165) is 12.8 Å². The molecule has 0 spiro atoms. The van der Waals surface area contributed by atoms with Gasteiger partial charge in [-0.2, -0.15) is 0 Å². The van der Waals surface area contributed by atoms with Gasteiger partial charge in [-0.1, -0.05) is 0 Å². The fraction of sp³-hybridized carbons (Fsp3) is 0.500. The molecular weight excluding hydrogens is 269 g/mol. The van der Waals surface area contributed by atoms with Crippen molar-refractivity contribution in [3.63, 3.8) is 0 Å². The second-order valence-electron chi connectivity index (χ2n) is 3.93. The Kier molecular flexibility index (Phi) is 6.01. The molecule has 0 saturated heterocycles. The summed E-state index contributed by atoms with van der Waals surface area (Å²) in [5.74, 6) is -9.72. The minimum atomic E-state index is -2.15. The van der Waals surface area contributed by atoms with Gasteiger partial charge in [0.25, 0.3) is 0 Å². The lowest BCUT2D eigenvalue weighted by Gasteiger charge is -2.10. The van der Waals surface area contributed by atoms with Crippen molar-refractivity contribution >= 4 is 5.69 Å². The van der Waals surface area contributed by atoms with Crippen molar-refractivity contribution in [2.45, 2.75) is 19.3 Å². The fourth-order valence-corrected chi connectivity index (χ4v) is 1.52. The molecule has 108 valence electrons. The third-order valence-corrected chi connectivity index (χ3v) is 2.54. The molecule has 0 saturated carbocycles. The van der Waals surface area contributed by atoms with E-state index in [2.05, 4.69) is 5.32 Å². The molecule has 0 atom stereocenters. The first-order chi connectivity index (χ1) is 9.00. The van der Waals surface area contributed by atoms with Gasteiger partial charge in [0, 0.05) is 20.3 Å². The first-order valence-corrected chi connectivity index (χ1v) is 5.75. The zero-order valence-corrected chi connectivity index (χ0v) is 10.3. The zero-order valence-electron chi connectivity index (χ0n) is 10.3. The van der Waals surface area contributed by atoms with Gasteiger partial charge in [0.15, 0.2) is 23.3 Å². The quantitative estimate of drug-likeness (QED) is 0.357. The standard InChI is InChI=1S/C12H14F5NO/c1-19-6-4-2-3-5-18-12-10(16)8(14)7(13)9(15)11(12)17/h18H,2-6H2,1H3. The third kappa shape index (κ3) is 3.79. The molecule has 0 bridgehead atoms. The van der Waals surface area contributed by atoms with Crippen LogP contribution in [0.25, 0.3) is 0 Å². The van der Waals surface area contributed by atoms with Crippen LogP contribution in [0.4, 0.5) is 27.6 Å². The van der Waals surface area contributed by atoms with Crippen molar-refractivity contribution < 1.29 is 26.7 Å². The van der Waals surface area contributed by atoms with Crippen LogP contribution in [0.1, 0.15) is 19.3 Å². The molecule has 19 heavy (non-hydrogen) atoms. The Balaban J connectivity index is 2.64. The summed E-state index contributed by atoms with van der Waals surface area (Å²) in [6.45, 7) is 0.671. The molecule has 0 unspecified atom stereocenters. The summed E-state index contributed by atoms with van der Waals surface area (Å²) in [7, 11) is 1.55. The van der Waals surface area contributed by atoms with Crippen molar-refractivity contribution in [1.82, 2.24) is 0 Å². The normalized spacial score (nSPS) is 10.8. The largest absolute Gasteiger partial charge is 0.385 e. The molecule has 1 rings (SSSR count). The van der Waals surface area contributed by atoms with E-state index < -0.39 is 34.8 Å². The highest BCUT2D eigenvalue weighted by atomic mass is 19.2. The Morgan fingerprint density at radius 3 is 1.84 bits per heavy atom. The number of unbranched alkanes of at least 4 members (excludes halogenated alkanes) is 2. The number of methoxy groups -OCH3 is 1. The number of hydrogen-bond donors (Lipinski definition) is 1. The van der Waals surface area contributed by atoms with E-state index in [1.165, 1.54) is 0 Å². The van der Waals surface area contributed by atoms with Crippen molar-refractivity contribution in [1.29, 1.82) is 0 Å². The van der Waals surface area contributed by atoms with Crippen LogP contribution in [0.3, 0.4) is 0 Å². The second kappa shape index (κ2) is 7.28. The van der Waals surface area contributed by atoms with E-state index in [-0.39, 0.29) is 6.54 Å². The lowest BCUT2D eigenvalue weighted by molar-refractivity contribution is 0.192. The average molecular weight is 283 g/mol. The van der Waals surface area contributed by atoms with Crippen LogP contribution in [0.15, 0.2) is 0 Å². The smallest absolute Gasteiger partial charge is 0.200 e. The van der Waals surface area contributed by atoms with Gasteiger partial charge in [0.2, 0.25) is 5.82 Å². The molecule has 7 heteroatoms. The van der Waals surface area contributed by atoms with Gasteiger partial charge in [0.1, 0.15) is 5.69 Å². The summed E-state index contributed by atoms with van der Waals surface area (Å²) in [4.78, 5) is 0. The molecule has 0 aliphatic heterocycles. The zero-order chi connectivity index (χ0) is 14.4. The molecule has 0 radical (unpaired) electrons. The Labute approximate surface area is 107 Å². The van der Waals surface area contributed by atoms with Crippen molar-refractivity contribution in [3.05, 3.63) is 29.1 Å². The first-order valence-electron chi connectivity index (χ1n) is 5.75. The molecule has 0 aliphatic carbocycles. The van der Waals surface area contributed by atoms with Gasteiger partial charge in [-0.05, 0) is 19.3 Å². The predicted octanol–water partition coefficient (Wildman–Crippen LogP) is 3.61. The number of rotatable bonds is 7. The molecule has 2 nitrogen and oxygen atoms in total. The Bertz CT molecular complexity index is 410. The lowest BCUT2D eigenvalue weighted by Crippen LogP contribution is -2.11. The highest BCUT2D eigenvalue weighted by molar-refractivity contribution is 5.47. The Morgan fingerprint density at radius 1 is 0.789 bits per heavy atom. The highest BCUT2D eigenvalue weighted by Gasteiger charge is 2.25. The Hall–Kier alpha value is -1.37. The van der Waals surface area contributed by atoms with E-state index in [1.807, 2.05) is 0 Å². The monoisotopic (exact) mass is 283 g/mol. The van der Waals surface area contributed by atoms with Gasteiger partial charge in [-0.3, -0.25) is 0 Å². The van der Waals surface area contributed by atoms with E-state index >= 15 is 0 Å². The number of nitrogens with one attached hydrogen (secondary N) is 1. The van der Waals surface area contributed by atoms with Crippen LogP contribution in [0.5, 0.6) is 0 Å². The van der Waals surface area contributed by atoms with Gasteiger partial charge in [-0.25, -0.2) is 22.0 Å². The summed E-state index contributed by atoms with van der Waals surface area (Å²) < 4.78 is 69.7. The van der Waals surface area contributed by atoms with Gasteiger partial charge >= 0.3 is 0 Å². The molecule has 0 fully saturated rings. The minimum Gasteiger partial charge on any atom is -0.385 e. The first kappa shape index (κ1) is 15.7. The van der Waals surface area contributed by atoms with Crippen LogP contribution >= 0.6 is 0 Å². The predicted molar refractivity (Wildman–Crippen MR) is 60.4 cm³/mol. The topological polar surface area (TPSA) is 21.3 Å². The molecule has 0 heterocycles. The maximum Gasteiger partial charge on any atom is 0.200 e. The number of halogens is 5. The maximum atomic E-state index is 13.2. The minimum absolute atomic E-state index is 0.113. The number of anilines is 1. The molecule has 0 aromatic heterocycles. The van der Waals surface area contributed by atoms with E-state index in [0.29, 0.717) is 13.0 Å². The molecule has 0 aliphatic rings. The number of ether oxygens (including phenoxy) is 1. The third-order valence-electron chi connectivity index (χ3n) is 2.54. The van der Waals surface area contributed by atoms with Crippen molar-refractivity contribution in [2.75, 3.05) is 25.6 Å². The lowest BCUT2D eigenvalue weighted by atomic mass is 10.2. The number of benzene rings is 1. The Morgan fingerprint density at radius 2 is 1.32 bits per heavy atom. The molecule has 1 aromatic rings. The molecule has 1 aromatic carbocycles. The molecule has 1 N–H and O–H groups in total. The van der Waals surface area contributed by atoms with Crippen LogP contribution in [-0.4, -0.2) is 20.3 Å². The van der Waals surface area contributed by atoms with E-state index in [1.54, 1.807) is 7.11 Å². The van der Waals surface area contributed by atoms with Gasteiger partial charge < -0.3 is 10.1 Å². The van der Waals surface area contributed by atoms with Crippen LogP contribution in [0.2, 0.25) is 0 Å². The van der Waals surface area contributed by atoms with Crippen LogP contribution < -0.4 is 5.32 Å². The SMILES string of the molecule is COCCCCCNc1c(F)c(F)c(F)c(F)c1F. The molecule has 0 amide bonds. The summed E-state index contributed by atoms with van der Waals surface area (Å²) in [6.07, 6.45) is 2.01. The number of hydrogen-bond acceptors (Lipinski definition) is 2.